The number of fused-ring (bicyclic) bond motifs is 6. The van der Waals surface area contributed by atoms with E-state index in [9.17, 15) is 24.9 Å². The first kappa shape index (κ1) is 38.7. The lowest BCUT2D eigenvalue weighted by Gasteiger charge is -2.39. The van der Waals surface area contributed by atoms with Crippen LogP contribution in [0.5, 0.6) is 40.2 Å². The number of benzene rings is 5. The molecule has 2 unspecified atom stereocenters. The normalized spacial score (nSPS) is 17.9. The summed E-state index contributed by atoms with van der Waals surface area (Å²) >= 11 is 8.59. The molecule has 5 N–H and O–H groups in total. The molecule has 3 aliphatic rings. The Labute approximate surface area is 370 Å². The molecule has 15 heteroatoms. The number of phenols is 3. The average Bonchev–Trinajstić information content (AvgIpc) is 3.45. The Kier molecular flexibility index (Phi) is 10.8. The largest absolute Gasteiger partial charge is 0.508 e. The van der Waals surface area contributed by atoms with Crippen LogP contribution in [0.4, 0.5) is 0 Å². The first-order chi connectivity index (χ1) is 26.3. The molecule has 5 aromatic carbocycles. The summed E-state index contributed by atoms with van der Waals surface area (Å²) in [4.78, 5) is 30.8. The number of nitrogens with zero attached hydrogens (tertiary/aromatic N) is 2. The van der Waals surface area contributed by atoms with Crippen molar-refractivity contribution in [2.24, 2.45) is 5.73 Å². The van der Waals surface area contributed by atoms with Crippen molar-refractivity contribution in [3.63, 3.8) is 0 Å². The number of aromatic hydroxyl groups is 3. The van der Waals surface area contributed by atoms with Gasteiger partial charge in [0.15, 0.2) is 11.4 Å². The molecule has 1 amide bonds. The number of carbonyl (C=O) groups excluding carboxylic acids is 2. The molecule has 5 aromatic rings. The maximum Gasteiger partial charge on any atom is 0.340 e. The molecule has 0 aromatic heterocycles. The van der Waals surface area contributed by atoms with Crippen LogP contribution in [0, 0.1) is 14.3 Å². The number of amides is 1. The predicted molar refractivity (Wildman–Crippen MR) is 237 cm³/mol. The lowest BCUT2D eigenvalue weighted by atomic mass is 9.77. The zero-order valence-corrected chi connectivity index (χ0v) is 37.3. The third-order valence-corrected chi connectivity index (χ3v) is 13.3. The third-order valence-electron chi connectivity index (χ3n) is 10.1. The number of halogens is 4. The summed E-state index contributed by atoms with van der Waals surface area (Å²) in [6.45, 7) is 2.25. The summed E-state index contributed by atoms with van der Waals surface area (Å²) in [5.41, 5.74) is 8.86. The third kappa shape index (κ3) is 7.10. The molecule has 55 heavy (non-hydrogen) atoms. The predicted octanol–water partition coefficient (Wildman–Crippen LogP) is 7.80. The molecular formula is C40H31I4N3O8. The Bertz CT molecular complexity index is 2360. The number of ether oxygens (including phenoxy) is 3. The minimum Gasteiger partial charge on any atom is -0.508 e. The number of esters is 1. The van der Waals surface area contributed by atoms with Crippen LogP contribution in [0.1, 0.15) is 38.2 Å². The number of phenolic OH excluding ortho intramolecular Hbond substituents is 3. The van der Waals surface area contributed by atoms with E-state index >= 15 is 0 Å². The topological polar surface area (TPSA) is 155 Å². The molecule has 0 aliphatic carbocycles. The average molecular weight is 1190 g/mol. The number of hydrogen-bond donors (Lipinski definition) is 4. The summed E-state index contributed by atoms with van der Waals surface area (Å²) in [7, 11) is 0. The van der Waals surface area contributed by atoms with Crippen molar-refractivity contribution in [3.8, 4) is 40.2 Å². The highest BCUT2D eigenvalue weighted by Gasteiger charge is 2.54. The molecule has 0 bridgehead atoms. The molecule has 1 fully saturated rings. The Hall–Kier alpha value is -3.12. The molecular weight excluding hydrogens is 1160 g/mol. The highest BCUT2D eigenvalue weighted by atomic mass is 127. The number of hydrogen-bond acceptors (Lipinski definition) is 10. The maximum atomic E-state index is 13.6. The quantitative estimate of drug-likeness (QED) is 0.0938. The lowest BCUT2D eigenvalue weighted by molar-refractivity contribution is -0.134. The van der Waals surface area contributed by atoms with Crippen molar-refractivity contribution < 1.29 is 39.1 Å². The van der Waals surface area contributed by atoms with E-state index < -0.39 is 17.6 Å². The lowest BCUT2D eigenvalue weighted by Crippen LogP contribution is -2.53. The standard InChI is InChI=1S/C40H31I4N3O8/c41-28-17-22(18-29(42)35(28)50)53-37-30(43)13-20(14-31(37)44)15-32(45)38(51)47-11-9-46(10-12-47)19-24-33(49)8-7-27-36(24)54-34-16-21(48)5-6-26(34)40(27)25-4-2-1-3-23(25)39(52)55-40/h1-8,13-14,16-18,32,48-50H,9-12,15,19,45H2. The first-order valence-electron chi connectivity index (χ1n) is 17.1. The van der Waals surface area contributed by atoms with E-state index in [2.05, 4.69) is 95.3 Å². The molecule has 1 spiro atoms. The van der Waals surface area contributed by atoms with Gasteiger partial charge in [-0.15, -0.1) is 0 Å². The van der Waals surface area contributed by atoms with Gasteiger partial charge >= 0.3 is 5.97 Å². The van der Waals surface area contributed by atoms with Gasteiger partial charge in [0.25, 0.3) is 0 Å². The van der Waals surface area contributed by atoms with Gasteiger partial charge in [-0.2, -0.15) is 0 Å². The monoisotopic (exact) mass is 1190 g/mol. The molecule has 282 valence electrons. The minimum atomic E-state index is -1.33. The van der Waals surface area contributed by atoms with Crippen molar-refractivity contribution in [3.05, 3.63) is 127 Å². The number of carbonyl (C=O) groups is 2. The van der Waals surface area contributed by atoms with Crippen LogP contribution in [0.15, 0.2) is 78.9 Å². The maximum absolute atomic E-state index is 13.6. The molecule has 0 saturated carbocycles. The van der Waals surface area contributed by atoms with E-state index in [-0.39, 0.29) is 23.2 Å². The van der Waals surface area contributed by atoms with Crippen molar-refractivity contribution in [2.45, 2.75) is 24.6 Å². The van der Waals surface area contributed by atoms with Gasteiger partial charge in [-0.05, 0) is 157 Å². The highest BCUT2D eigenvalue weighted by Crippen LogP contribution is 2.58. The van der Waals surface area contributed by atoms with Crippen molar-refractivity contribution in [1.82, 2.24) is 9.80 Å². The minimum absolute atomic E-state index is 0.0126. The van der Waals surface area contributed by atoms with E-state index in [1.54, 1.807) is 47.4 Å². The summed E-state index contributed by atoms with van der Waals surface area (Å²) in [6.07, 6.45) is 0.355. The molecule has 0 radical (unpaired) electrons. The van der Waals surface area contributed by atoms with E-state index in [1.165, 1.54) is 12.1 Å². The van der Waals surface area contributed by atoms with Gasteiger partial charge in [0.1, 0.15) is 34.5 Å². The molecule has 8 rings (SSSR count). The second kappa shape index (κ2) is 15.3. The summed E-state index contributed by atoms with van der Waals surface area (Å²) in [5.74, 6) is 1.62. The Balaban J connectivity index is 0.965. The van der Waals surface area contributed by atoms with E-state index in [4.69, 9.17) is 19.9 Å². The van der Waals surface area contributed by atoms with Crippen LogP contribution in [-0.4, -0.2) is 69.2 Å². The first-order valence-corrected chi connectivity index (χ1v) is 21.5. The van der Waals surface area contributed by atoms with E-state index in [0.29, 0.717) is 97.1 Å². The summed E-state index contributed by atoms with van der Waals surface area (Å²) in [6, 6.07) is 22.0. The van der Waals surface area contributed by atoms with Gasteiger partial charge in [-0.25, -0.2) is 4.79 Å². The smallest absolute Gasteiger partial charge is 0.340 e. The molecule has 2 atom stereocenters. The number of nitrogens with two attached hydrogens (primary N) is 1. The second-order valence-electron chi connectivity index (χ2n) is 13.5. The van der Waals surface area contributed by atoms with Gasteiger partial charge in [-0.3, -0.25) is 9.69 Å². The van der Waals surface area contributed by atoms with Crippen LogP contribution >= 0.6 is 90.4 Å². The van der Waals surface area contributed by atoms with E-state index in [0.717, 1.165) is 12.7 Å². The zero-order chi connectivity index (χ0) is 38.8. The van der Waals surface area contributed by atoms with E-state index in [1.807, 2.05) is 24.3 Å². The van der Waals surface area contributed by atoms with Gasteiger partial charge in [-0.1, -0.05) is 18.2 Å². The fourth-order valence-corrected chi connectivity index (χ4v) is 11.2. The van der Waals surface area contributed by atoms with Crippen LogP contribution < -0.4 is 15.2 Å². The summed E-state index contributed by atoms with van der Waals surface area (Å²) < 4.78 is 22.0. The Morgan fingerprint density at radius 3 is 2.22 bits per heavy atom. The van der Waals surface area contributed by atoms with Gasteiger partial charge in [0.05, 0.1) is 31.4 Å². The van der Waals surface area contributed by atoms with Crippen LogP contribution in [0.2, 0.25) is 0 Å². The zero-order valence-electron chi connectivity index (χ0n) is 28.7. The molecule has 11 nitrogen and oxygen atoms in total. The molecule has 3 aliphatic heterocycles. The van der Waals surface area contributed by atoms with Gasteiger partial charge in [0, 0.05) is 55.5 Å². The number of rotatable bonds is 7. The SMILES string of the molecule is NC(Cc1cc(I)c(Oc2cc(I)c(O)c(I)c2)c(I)c1)C(=O)N1CCN(Cc2c(O)ccc3c2Oc2cc(O)ccc2C32OC(=O)c3ccccc32)CC1. The van der Waals surface area contributed by atoms with Crippen LogP contribution in [0.25, 0.3) is 0 Å². The van der Waals surface area contributed by atoms with Crippen LogP contribution in [0.3, 0.4) is 0 Å². The van der Waals surface area contributed by atoms with Crippen molar-refractivity contribution in [1.29, 1.82) is 0 Å². The molecule has 1 saturated heterocycles. The summed E-state index contributed by atoms with van der Waals surface area (Å²) in [5, 5.41) is 31.8. The Morgan fingerprint density at radius 1 is 0.836 bits per heavy atom. The molecule has 3 heterocycles. The van der Waals surface area contributed by atoms with Crippen molar-refractivity contribution >= 4 is 102 Å². The van der Waals surface area contributed by atoms with Gasteiger partial charge < -0.3 is 40.2 Å². The van der Waals surface area contributed by atoms with Gasteiger partial charge in [0.2, 0.25) is 5.91 Å². The Morgan fingerprint density at radius 2 is 1.51 bits per heavy atom. The van der Waals surface area contributed by atoms with Crippen LogP contribution in [-0.2, 0) is 28.1 Å². The highest BCUT2D eigenvalue weighted by molar-refractivity contribution is 14.1. The fraction of sp³-hybridized carbons (Fsp3) is 0.200. The second-order valence-corrected chi connectivity index (χ2v) is 18.1. The fourth-order valence-electron chi connectivity index (χ4n) is 7.40. The van der Waals surface area contributed by atoms with Crippen molar-refractivity contribution in [2.75, 3.05) is 26.2 Å². The number of piperazine rings is 1.